The average Bonchev–Trinajstić information content (AvgIpc) is 2.74. The van der Waals surface area contributed by atoms with Crippen LogP contribution in [0.25, 0.3) is 0 Å². The van der Waals surface area contributed by atoms with E-state index in [0.29, 0.717) is 15.6 Å². The molecule has 1 aliphatic rings. The van der Waals surface area contributed by atoms with Gasteiger partial charge < -0.3 is 5.32 Å². The monoisotopic (exact) mass is 348 g/mol. The first kappa shape index (κ1) is 15.8. The molecular formula is C17H14Cl2N2O2. The number of amides is 3. The maximum Gasteiger partial charge on any atom is 0.325 e. The lowest BCUT2D eigenvalue weighted by atomic mass is 9.92. The van der Waals surface area contributed by atoms with Crippen molar-refractivity contribution in [2.75, 3.05) is 0 Å². The molecule has 1 saturated heterocycles. The Hall–Kier alpha value is -2.04. The van der Waals surface area contributed by atoms with Crippen LogP contribution < -0.4 is 5.32 Å². The van der Waals surface area contributed by atoms with Crippen molar-refractivity contribution in [2.45, 2.75) is 19.0 Å². The van der Waals surface area contributed by atoms with Gasteiger partial charge in [-0.1, -0.05) is 47.5 Å². The predicted molar refractivity (Wildman–Crippen MR) is 89.3 cm³/mol. The molecule has 1 atom stereocenters. The van der Waals surface area contributed by atoms with Crippen LogP contribution in [-0.2, 0) is 16.9 Å². The van der Waals surface area contributed by atoms with Crippen molar-refractivity contribution in [3.63, 3.8) is 0 Å². The van der Waals surface area contributed by atoms with Crippen LogP contribution in [0.4, 0.5) is 4.79 Å². The number of benzene rings is 2. The Kier molecular flexibility index (Phi) is 4.04. The molecule has 6 heteroatoms. The molecule has 1 heterocycles. The third-order valence-corrected chi connectivity index (χ3v) is 4.45. The summed E-state index contributed by atoms with van der Waals surface area (Å²) in [7, 11) is 0. The molecule has 3 amide bonds. The summed E-state index contributed by atoms with van der Waals surface area (Å²) in [6.07, 6.45) is 0. The van der Waals surface area contributed by atoms with Crippen molar-refractivity contribution >= 4 is 35.1 Å². The van der Waals surface area contributed by atoms with Crippen LogP contribution in [0.2, 0.25) is 10.0 Å². The summed E-state index contributed by atoms with van der Waals surface area (Å²) in [6, 6.07) is 13.5. The van der Waals surface area contributed by atoms with Crippen LogP contribution in [0, 0.1) is 0 Å². The lowest BCUT2D eigenvalue weighted by Crippen LogP contribution is -2.40. The van der Waals surface area contributed by atoms with Crippen LogP contribution in [-0.4, -0.2) is 16.8 Å². The van der Waals surface area contributed by atoms with E-state index in [1.807, 2.05) is 0 Å². The Morgan fingerprint density at radius 3 is 2.04 bits per heavy atom. The van der Waals surface area contributed by atoms with Gasteiger partial charge in [-0.3, -0.25) is 9.69 Å². The summed E-state index contributed by atoms with van der Waals surface area (Å²) in [4.78, 5) is 26.2. The molecule has 0 aliphatic carbocycles. The van der Waals surface area contributed by atoms with E-state index in [1.54, 1.807) is 55.5 Å². The van der Waals surface area contributed by atoms with Gasteiger partial charge in [0.2, 0.25) is 0 Å². The summed E-state index contributed by atoms with van der Waals surface area (Å²) >= 11 is 11.7. The molecule has 2 aromatic carbocycles. The topological polar surface area (TPSA) is 49.4 Å². The largest absolute Gasteiger partial charge is 0.325 e. The smallest absolute Gasteiger partial charge is 0.319 e. The standard InChI is InChI=1S/C17H14Cl2N2O2/c1-17(12-4-8-14(19)9-5-12)15(22)21(16(23)20-17)10-11-2-6-13(18)7-3-11/h2-9H,10H2,1H3,(H,20,23). The molecule has 1 N–H and O–H groups in total. The third kappa shape index (κ3) is 2.92. The zero-order chi connectivity index (χ0) is 16.6. The highest BCUT2D eigenvalue weighted by Gasteiger charge is 2.48. The normalized spacial score (nSPS) is 20.7. The molecular weight excluding hydrogens is 335 g/mol. The van der Waals surface area contributed by atoms with Gasteiger partial charge in [0, 0.05) is 10.0 Å². The van der Waals surface area contributed by atoms with Gasteiger partial charge in [-0.05, 0) is 42.3 Å². The SMILES string of the molecule is CC1(c2ccc(Cl)cc2)NC(=O)N(Cc2ccc(Cl)cc2)C1=O. The van der Waals surface area contributed by atoms with Gasteiger partial charge in [0.25, 0.3) is 5.91 Å². The first-order valence-corrected chi connectivity index (χ1v) is 7.80. The molecule has 3 rings (SSSR count). The second kappa shape index (κ2) is 5.87. The minimum absolute atomic E-state index is 0.199. The average molecular weight is 349 g/mol. The maximum atomic E-state index is 12.8. The molecule has 0 saturated carbocycles. The van der Waals surface area contributed by atoms with Crippen LogP contribution in [0.15, 0.2) is 48.5 Å². The van der Waals surface area contributed by atoms with Gasteiger partial charge in [0.05, 0.1) is 6.54 Å². The molecule has 0 aromatic heterocycles. The van der Waals surface area contributed by atoms with Crippen molar-refractivity contribution in [1.29, 1.82) is 0 Å². The van der Waals surface area contributed by atoms with Gasteiger partial charge in [-0.2, -0.15) is 0 Å². The molecule has 0 radical (unpaired) electrons. The van der Waals surface area contributed by atoms with E-state index in [0.717, 1.165) is 5.56 Å². The van der Waals surface area contributed by atoms with Crippen molar-refractivity contribution in [3.05, 3.63) is 69.7 Å². The van der Waals surface area contributed by atoms with Crippen LogP contribution in [0.3, 0.4) is 0 Å². The number of nitrogens with zero attached hydrogens (tertiary/aromatic N) is 1. The number of urea groups is 1. The molecule has 0 spiro atoms. The highest BCUT2D eigenvalue weighted by molar-refractivity contribution is 6.30. The fourth-order valence-corrected chi connectivity index (χ4v) is 2.84. The molecule has 23 heavy (non-hydrogen) atoms. The third-order valence-electron chi connectivity index (χ3n) is 3.95. The zero-order valence-electron chi connectivity index (χ0n) is 12.3. The summed E-state index contributed by atoms with van der Waals surface area (Å²) in [5.74, 6) is -0.292. The fourth-order valence-electron chi connectivity index (χ4n) is 2.59. The lowest BCUT2D eigenvalue weighted by Gasteiger charge is -2.22. The predicted octanol–water partition coefficient (Wildman–Crippen LogP) is 3.96. The summed E-state index contributed by atoms with van der Waals surface area (Å²) in [5.41, 5.74) is 0.436. The number of hydrogen-bond donors (Lipinski definition) is 1. The van der Waals surface area contributed by atoms with Gasteiger partial charge in [-0.25, -0.2) is 4.79 Å². The number of rotatable bonds is 3. The maximum absolute atomic E-state index is 12.8. The molecule has 1 aliphatic heterocycles. The second-order valence-electron chi connectivity index (χ2n) is 5.58. The number of nitrogens with one attached hydrogen (secondary N) is 1. The van der Waals surface area contributed by atoms with Crippen LogP contribution >= 0.6 is 23.2 Å². The van der Waals surface area contributed by atoms with E-state index >= 15 is 0 Å². The van der Waals surface area contributed by atoms with Crippen molar-refractivity contribution in [3.8, 4) is 0 Å². The van der Waals surface area contributed by atoms with Gasteiger partial charge in [0.15, 0.2) is 0 Å². The highest BCUT2D eigenvalue weighted by Crippen LogP contribution is 2.30. The van der Waals surface area contributed by atoms with Crippen LogP contribution in [0.5, 0.6) is 0 Å². The minimum Gasteiger partial charge on any atom is -0.319 e. The van der Waals surface area contributed by atoms with Crippen molar-refractivity contribution < 1.29 is 9.59 Å². The number of carbonyl (C=O) groups excluding carboxylic acids is 2. The first-order valence-electron chi connectivity index (χ1n) is 7.05. The fraction of sp³-hybridized carbons (Fsp3) is 0.176. The van der Waals surface area contributed by atoms with Crippen molar-refractivity contribution in [2.24, 2.45) is 0 Å². The van der Waals surface area contributed by atoms with Gasteiger partial charge in [-0.15, -0.1) is 0 Å². The Bertz CT molecular complexity index is 759. The van der Waals surface area contributed by atoms with E-state index in [-0.39, 0.29) is 12.5 Å². The van der Waals surface area contributed by atoms with E-state index in [2.05, 4.69) is 5.32 Å². The molecule has 0 bridgehead atoms. The van der Waals surface area contributed by atoms with Crippen molar-refractivity contribution in [1.82, 2.24) is 10.2 Å². The number of hydrogen-bond acceptors (Lipinski definition) is 2. The first-order chi connectivity index (χ1) is 10.9. The van der Waals surface area contributed by atoms with E-state index < -0.39 is 11.6 Å². The van der Waals surface area contributed by atoms with Gasteiger partial charge >= 0.3 is 6.03 Å². The lowest BCUT2D eigenvalue weighted by molar-refractivity contribution is -0.131. The second-order valence-corrected chi connectivity index (χ2v) is 6.45. The molecule has 118 valence electrons. The molecule has 1 fully saturated rings. The Labute approximate surface area is 144 Å². The number of imide groups is 1. The summed E-state index contributed by atoms with van der Waals surface area (Å²) < 4.78 is 0. The Morgan fingerprint density at radius 2 is 1.48 bits per heavy atom. The quantitative estimate of drug-likeness (QED) is 0.853. The highest BCUT2D eigenvalue weighted by atomic mass is 35.5. The van der Waals surface area contributed by atoms with E-state index in [9.17, 15) is 9.59 Å². The summed E-state index contributed by atoms with van der Waals surface area (Å²) in [6.45, 7) is 1.89. The molecule has 1 unspecified atom stereocenters. The number of halogens is 2. The van der Waals surface area contributed by atoms with Gasteiger partial charge in [0.1, 0.15) is 5.54 Å². The molecule has 4 nitrogen and oxygen atoms in total. The Morgan fingerprint density at radius 1 is 0.957 bits per heavy atom. The molecule has 2 aromatic rings. The summed E-state index contributed by atoms with van der Waals surface area (Å²) in [5, 5.41) is 3.95. The number of carbonyl (C=O) groups is 2. The van der Waals surface area contributed by atoms with E-state index in [1.165, 1.54) is 4.90 Å². The Balaban J connectivity index is 1.87. The minimum atomic E-state index is -1.09. The zero-order valence-corrected chi connectivity index (χ0v) is 13.9. The van der Waals surface area contributed by atoms with E-state index in [4.69, 9.17) is 23.2 Å². The van der Waals surface area contributed by atoms with Crippen LogP contribution in [0.1, 0.15) is 18.1 Å².